The van der Waals surface area contributed by atoms with Gasteiger partial charge in [-0.25, -0.2) is 0 Å². The molecule has 0 spiro atoms. The quantitative estimate of drug-likeness (QED) is 0.839. The van der Waals surface area contributed by atoms with Gasteiger partial charge in [-0.05, 0) is 25.8 Å². The Morgan fingerprint density at radius 2 is 2.28 bits per heavy atom. The Hall–Kier alpha value is -1.36. The molecule has 1 aromatic rings. The van der Waals surface area contributed by atoms with Gasteiger partial charge < -0.3 is 10.2 Å². The van der Waals surface area contributed by atoms with Crippen molar-refractivity contribution in [1.29, 1.82) is 0 Å². The van der Waals surface area contributed by atoms with Crippen LogP contribution in [-0.2, 0) is 7.05 Å². The van der Waals surface area contributed by atoms with Crippen LogP contribution in [-0.4, -0.2) is 46.3 Å². The number of piperazine rings is 1. The molecule has 2 aliphatic rings. The van der Waals surface area contributed by atoms with Crippen LogP contribution in [0.4, 0.5) is 0 Å². The number of hydrogen-bond acceptors (Lipinski definition) is 3. The molecule has 5 nitrogen and oxygen atoms in total. The molecule has 0 radical (unpaired) electrons. The van der Waals surface area contributed by atoms with E-state index in [2.05, 4.69) is 17.3 Å². The first-order valence-electron chi connectivity index (χ1n) is 6.72. The highest BCUT2D eigenvalue weighted by molar-refractivity contribution is 5.92. The second-order valence-electron chi connectivity index (χ2n) is 5.40. The van der Waals surface area contributed by atoms with E-state index >= 15 is 0 Å². The van der Waals surface area contributed by atoms with Gasteiger partial charge in [0.1, 0.15) is 0 Å². The van der Waals surface area contributed by atoms with Gasteiger partial charge in [0.2, 0.25) is 0 Å². The van der Waals surface area contributed by atoms with Gasteiger partial charge in [0.05, 0.1) is 0 Å². The second kappa shape index (κ2) is 4.39. The molecule has 3 rings (SSSR count). The Labute approximate surface area is 107 Å². The van der Waals surface area contributed by atoms with E-state index in [-0.39, 0.29) is 11.9 Å². The number of amides is 1. The molecule has 5 heteroatoms. The van der Waals surface area contributed by atoms with Gasteiger partial charge in [0, 0.05) is 44.3 Å². The Kier molecular flexibility index (Phi) is 2.86. The summed E-state index contributed by atoms with van der Waals surface area (Å²) in [5, 5.41) is 7.68. The number of nitrogens with zero attached hydrogens (tertiary/aromatic N) is 3. The van der Waals surface area contributed by atoms with Crippen LogP contribution in [0, 0.1) is 0 Å². The van der Waals surface area contributed by atoms with E-state index in [1.807, 2.05) is 22.7 Å². The van der Waals surface area contributed by atoms with Crippen molar-refractivity contribution in [3.8, 4) is 0 Å². The third-order valence-corrected chi connectivity index (χ3v) is 3.89. The zero-order valence-electron chi connectivity index (χ0n) is 11.0. The molecule has 1 aliphatic carbocycles. The summed E-state index contributed by atoms with van der Waals surface area (Å²) < 4.78 is 1.87. The summed E-state index contributed by atoms with van der Waals surface area (Å²) in [5.74, 6) is 0.705. The average molecular weight is 248 g/mol. The largest absolute Gasteiger partial charge is 0.332 e. The number of aryl methyl sites for hydroxylation is 1. The van der Waals surface area contributed by atoms with Crippen molar-refractivity contribution in [2.45, 2.75) is 31.7 Å². The normalized spacial score (nSPS) is 24.3. The Bertz CT molecular complexity index is 464. The van der Waals surface area contributed by atoms with Crippen molar-refractivity contribution in [3.63, 3.8) is 0 Å². The minimum Gasteiger partial charge on any atom is -0.332 e. The van der Waals surface area contributed by atoms with Crippen LogP contribution >= 0.6 is 0 Å². The molecule has 1 saturated carbocycles. The summed E-state index contributed by atoms with van der Waals surface area (Å²) in [6, 6.07) is 2.23. The highest BCUT2D eigenvalue weighted by Gasteiger charge is 2.30. The summed E-state index contributed by atoms with van der Waals surface area (Å²) in [7, 11) is 1.94. The maximum Gasteiger partial charge on any atom is 0.274 e. The number of carbonyl (C=O) groups is 1. The zero-order chi connectivity index (χ0) is 12.7. The van der Waals surface area contributed by atoms with E-state index in [1.165, 1.54) is 18.5 Å². The molecule has 98 valence electrons. The fraction of sp³-hybridized carbons (Fsp3) is 0.692. The fourth-order valence-electron chi connectivity index (χ4n) is 2.64. The van der Waals surface area contributed by atoms with Crippen LogP contribution in [0.3, 0.4) is 0 Å². The second-order valence-corrected chi connectivity index (χ2v) is 5.40. The van der Waals surface area contributed by atoms with Crippen LogP contribution in [0.25, 0.3) is 0 Å². The topological polar surface area (TPSA) is 50.2 Å². The molecule has 2 heterocycles. The van der Waals surface area contributed by atoms with Crippen molar-refractivity contribution in [1.82, 2.24) is 20.0 Å². The first kappa shape index (κ1) is 11.7. The van der Waals surface area contributed by atoms with E-state index in [4.69, 9.17) is 0 Å². The lowest BCUT2D eigenvalue weighted by molar-refractivity contribution is 0.0649. The molecule has 1 aliphatic heterocycles. The maximum atomic E-state index is 12.4. The predicted molar refractivity (Wildman–Crippen MR) is 68.6 cm³/mol. The lowest BCUT2D eigenvalue weighted by Crippen LogP contribution is -2.52. The zero-order valence-corrected chi connectivity index (χ0v) is 11.0. The molecule has 2 fully saturated rings. The molecule has 0 bridgehead atoms. The monoisotopic (exact) mass is 248 g/mol. The van der Waals surface area contributed by atoms with E-state index in [1.54, 1.807) is 0 Å². The first-order valence-corrected chi connectivity index (χ1v) is 6.72. The van der Waals surface area contributed by atoms with Crippen molar-refractivity contribution in [2.24, 2.45) is 7.05 Å². The molecule has 1 atom stereocenters. The van der Waals surface area contributed by atoms with Gasteiger partial charge in [-0.3, -0.25) is 9.48 Å². The Morgan fingerprint density at radius 1 is 1.50 bits per heavy atom. The van der Waals surface area contributed by atoms with Crippen LogP contribution in [0.2, 0.25) is 0 Å². The Balaban J connectivity index is 1.80. The van der Waals surface area contributed by atoms with Gasteiger partial charge in [0.15, 0.2) is 5.69 Å². The van der Waals surface area contributed by atoms with Crippen LogP contribution < -0.4 is 5.32 Å². The minimum atomic E-state index is 0.0755. The van der Waals surface area contributed by atoms with E-state index < -0.39 is 0 Å². The van der Waals surface area contributed by atoms with Gasteiger partial charge in [0.25, 0.3) is 5.91 Å². The summed E-state index contributed by atoms with van der Waals surface area (Å²) in [6.07, 6.45) is 2.47. The smallest absolute Gasteiger partial charge is 0.274 e. The SMILES string of the molecule is C[C@H]1CNCCN1C(=O)c1cc(C2CC2)n(C)n1. The third-order valence-electron chi connectivity index (χ3n) is 3.89. The molecule has 1 saturated heterocycles. The number of rotatable bonds is 2. The molecular weight excluding hydrogens is 228 g/mol. The van der Waals surface area contributed by atoms with Gasteiger partial charge in [-0.1, -0.05) is 0 Å². The number of carbonyl (C=O) groups excluding carboxylic acids is 1. The van der Waals surface area contributed by atoms with Gasteiger partial charge in [-0.2, -0.15) is 5.10 Å². The molecular formula is C13H20N4O. The highest BCUT2D eigenvalue weighted by atomic mass is 16.2. The maximum absolute atomic E-state index is 12.4. The molecule has 0 unspecified atom stereocenters. The number of nitrogens with one attached hydrogen (secondary N) is 1. The van der Waals surface area contributed by atoms with Gasteiger partial charge >= 0.3 is 0 Å². The predicted octanol–water partition coefficient (Wildman–Crippen LogP) is 0.731. The molecule has 0 aromatic carbocycles. The first-order chi connectivity index (χ1) is 8.66. The van der Waals surface area contributed by atoms with E-state index in [0.717, 1.165) is 19.6 Å². The van der Waals surface area contributed by atoms with Crippen LogP contribution in [0.5, 0.6) is 0 Å². The Morgan fingerprint density at radius 3 is 2.94 bits per heavy atom. The summed E-state index contributed by atoms with van der Waals surface area (Å²) in [6.45, 7) is 4.59. The van der Waals surface area contributed by atoms with Crippen molar-refractivity contribution in [2.75, 3.05) is 19.6 Å². The van der Waals surface area contributed by atoms with Crippen molar-refractivity contribution >= 4 is 5.91 Å². The lowest BCUT2D eigenvalue weighted by Gasteiger charge is -2.33. The molecule has 18 heavy (non-hydrogen) atoms. The minimum absolute atomic E-state index is 0.0755. The average Bonchev–Trinajstić information content (AvgIpc) is 3.12. The number of hydrogen-bond donors (Lipinski definition) is 1. The standard InChI is InChI=1S/C13H20N4O/c1-9-8-14-5-6-17(9)13(18)11-7-12(10-3-4-10)16(2)15-11/h7,9-10,14H,3-6,8H2,1-2H3/t9-/m0/s1. The highest BCUT2D eigenvalue weighted by Crippen LogP contribution is 2.40. The molecule has 1 N–H and O–H groups in total. The van der Waals surface area contributed by atoms with E-state index in [0.29, 0.717) is 11.6 Å². The summed E-state index contributed by atoms with van der Waals surface area (Å²) in [4.78, 5) is 14.4. The lowest BCUT2D eigenvalue weighted by atomic mass is 10.2. The van der Waals surface area contributed by atoms with Crippen molar-refractivity contribution in [3.05, 3.63) is 17.5 Å². The third kappa shape index (κ3) is 2.03. The van der Waals surface area contributed by atoms with Crippen LogP contribution in [0.1, 0.15) is 41.9 Å². The summed E-state index contributed by atoms with van der Waals surface area (Å²) in [5.41, 5.74) is 1.81. The number of aromatic nitrogens is 2. The fourth-order valence-corrected chi connectivity index (χ4v) is 2.64. The van der Waals surface area contributed by atoms with Crippen LogP contribution in [0.15, 0.2) is 6.07 Å². The summed E-state index contributed by atoms with van der Waals surface area (Å²) >= 11 is 0. The van der Waals surface area contributed by atoms with E-state index in [9.17, 15) is 4.79 Å². The van der Waals surface area contributed by atoms with Crippen molar-refractivity contribution < 1.29 is 4.79 Å². The molecule has 1 aromatic heterocycles. The van der Waals surface area contributed by atoms with Gasteiger partial charge in [-0.15, -0.1) is 0 Å². The molecule has 1 amide bonds.